The summed E-state index contributed by atoms with van der Waals surface area (Å²) in [6.45, 7) is 1.72. The minimum atomic E-state index is 0.852. The van der Waals surface area contributed by atoms with Crippen LogP contribution in [-0.4, -0.2) is 12.1 Å². The fourth-order valence-corrected chi connectivity index (χ4v) is 3.49. The van der Waals surface area contributed by atoms with Crippen molar-refractivity contribution in [1.82, 2.24) is 10.3 Å². The SMILES string of the molecule is COc1sc(CNCc2cncs2)cc1Br. The smallest absolute Gasteiger partial charge is 0.188 e. The molecule has 0 aliphatic carbocycles. The monoisotopic (exact) mass is 318 g/mol. The van der Waals surface area contributed by atoms with E-state index in [1.165, 1.54) is 9.75 Å². The highest BCUT2D eigenvalue weighted by Gasteiger charge is 2.06. The summed E-state index contributed by atoms with van der Waals surface area (Å²) in [5.41, 5.74) is 1.85. The summed E-state index contributed by atoms with van der Waals surface area (Å²) in [7, 11) is 1.69. The number of thiazole rings is 1. The summed E-state index contributed by atoms with van der Waals surface area (Å²) in [5.74, 6) is 0. The van der Waals surface area contributed by atoms with Crippen molar-refractivity contribution in [2.24, 2.45) is 0 Å². The highest BCUT2D eigenvalue weighted by molar-refractivity contribution is 9.10. The Bertz CT molecular complexity index is 442. The third-order valence-corrected chi connectivity index (χ3v) is 4.70. The summed E-state index contributed by atoms with van der Waals surface area (Å²) < 4.78 is 6.24. The molecule has 2 aromatic heterocycles. The molecular formula is C10H11BrN2OS2. The van der Waals surface area contributed by atoms with Crippen LogP contribution in [0.1, 0.15) is 9.75 Å². The Labute approximate surface area is 111 Å². The van der Waals surface area contributed by atoms with Gasteiger partial charge in [-0.05, 0) is 22.0 Å². The van der Waals surface area contributed by atoms with Gasteiger partial charge in [0.05, 0.1) is 17.1 Å². The van der Waals surface area contributed by atoms with Crippen LogP contribution in [0.4, 0.5) is 0 Å². The zero-order chi connectivity index (χ0) is 11.4. The number of nitrogens with one attached hydrogen (secondary N) is 1. The lowest BCUT2D eigenvalue weighted by Crippen LogP contribution is -2.10. The first-order chi connectivity index (χ1) is 7.79. The van der Waals surface area contributed by atoms with E-state index in [9.17, 15) is 0 Å². The van der Waals surface area contributed by atoms with Gasteiger partial charge < -0.3 is 10.1 Å². The normalized spacial score (nSPS) is 10.6. The van der Waals surface area contributed by atoms with Gasteiger partial charge in [0.15, 0.2) is 5.06 Å². The van der Waals surface area contributed by atoms with Crippen molar-refractivity contribution in [3.8, 4) is 5.06 Å². The lowest BCUT2D eigenvalue weighted by molar-refractivity contribution is 0.425. The van der Waals surface area contributed by atoms with E-state index in [4.69, 9.17) is 4.74 Å². The maximum atomic E-state index is 5.21. The van der Waals surface area contributed by atoms with Gasteiger partial charge in [-0.2, -0.15) is 0 Å². The molecule has 2 heterocycles. The third-order valence-electron chi connectivity index (χ3n) is 1.97. The van der Waals surface area contributed by atoms with Crippen molar-refractivity contribution >= 4 is 38.6 Å². The van der Waals surface area contributed by atoms with E-state index in [-0.39, 0.29) is 0 Å². The Hall–Kier alpha value is -0.430. The highest BCUT2D eigenvalue weighted by atomic mass is 79.9. The molecule has 0 saturated heterocycles. The standard InChI is InChI=1S/C10H11BrN2OS2/c1-14-10-9(11)2-7(16-10)3-12-4-8-5-13-6-15-8/h2,5-6,12H,3-4H2,1H3. The number of methoxy groups -OCH3 is 1. The zero-order valence-electron chi connectivity index (χ0n) is 8.70. The first-order valence-corrected chi connectivity index (χ1v) is 7.19. The predicted molar refractivity (Wildman–Crippen MR) is 71.2 cm³/mol. The number of thiophene rings is 1. The van der Waals surface area contributed by atoms with Crippen molar-refractivity contribution in [3.63, 3.8) is 0 Å². The third kappa shape index (κ3) is 3.04. The van der Waals surface area contributed by atoms with E-state index in [0.29, 0.717) is 0 Å². The van der Waals surface area contributed by atoms with Crippen LogP contribution in [0.15, 0.2) is 22.2 Å². The molecule has 0 unspecified atom stereocenters. The van der Waals surface area contributed by atoms with Crippen molar-refractivity contribution in [2.75, 3.05) is 7.11 Å². The molecule has 0 aromatic carbocycles. The second-order valence-electron chi connectivity index (χ2n) is 3.12. The van der Waals surface area contributed by atoms with Gasteiger partial charge in [0.2, 0.25) is 0 Å². The van der Waals surface area contributed by atoms with Crippen molar-refractivity contribution in [3.05, 3.63) is 32.0 Å². The molecule has 0 amide bonds. The largest absolute Gasteiger partial charge is 0.486 e. The molecular weight excluding hydrogens is 308 g/mol. The van der Waals surface area contributed by atoms with Gasteiger partial charge in [-0.3, -0.25) is 4.98 Å². The summed E-state index contributed by atoms with van der Waals surface area (Å²) in [5, 5.41) is 4.30. The lowest BCUT2D eigenvalue weighted by atomic mass is 10.4. The van der Waals surface area contributed by atoms with E-state index >= 15 is 0 Å². The molecule has 0 saturated carbocycles. The quantitative estimate of drug-likeness (QED) is 0.918. The molecule has 16 heavy (non-hydrogen) atoms. The molecule has 0 aliphatic rings. The highest BCUT2D eigenvalue weighted by Crippen LogP contribution is 2.34. The number of hydrogen-bond acceptors (Lipinski definition) is 5. The predicted octanol–water partition coefficient (Wildman–Crippen LogP) is 3.27. The number of rotatable bonds is 5. The second-order valence-corrected chi connectivity index (χ2v) is 6.05. The van der Waals surface area contributed by atoms with Crippen LogP contribution in [0.2, 0.25) is 0 Å². The maximum absolute atomic E-state index is 5.21. The molecule has 0 radical (unpaired) electrons. The van der Waals surface area contributed by atoms with Crippen LogP contribution >= 0.6 is 38.6 Å². The number of halogens is 1. The van der Waals surface area contributed by atoms with Crippen LogP contribution < -0.4 is 10.1 Å². The Morgan fingerprint density at radius 2 is 2.25 bits per heavy atom. The van der Waals surface area contributed by atoms with Crippen LogP contribution in [-0.2, 0) is 13.1 Å². The van der Waals surface area contributed by atoms with Gasteiger partial charge >= 0.3 is 0 Å². The Morgan fingerprint density at radius 1 is 1.44 bits per heavy atom. The van der Waals surface area contributed by atoms with Gasteiger partial charge in [0.25, 0.3) is 0 Å². The molecule has 0 atom stereocenters. The van der Waals surface area contributed by atoms with Crippen LogP contribution in [0.5, 0.6) is 5.06 Å². The first-order valence-electron chi connectivity index (χ1n) is 4.70. The summed E-state index contributed by atoms with van der Waals surface area (Å²) >= 11 is 6.78. The molecule has 0 fully saturated rings. The summed E-state index contributed by atoms with van der Waals surface area (Å²) in [6.07, 6.45) is 1.89. The Morgan fingerprint density at radius 3 is 2.88 bits per heavy atom. The van der Waals surface area contributed by atoms with Crippen LogP contribution in [0.3, 0.4) is 0 Å². The fourth-order valence-electron chi connectivity index (χ4n) is 1.26. The van der Waals surface area contributed by atoms with E-state index in [1.807, 2.05) is 11.7 Å². The fraction of sp³-hybridized carbons (Fsp3) is 0.300. The van der Waals surface area contributed by atoms with Crippen molar-refractivity contribution in [2.45, 2.75) is 13.1 Å². The van der Waals surface area contributed by atoms with E-state index in [2.05, 4.69) is 32.3 Å². The molecule has 86 valence electrons. The van der Waals surface area contributed by atoms with Gasteiger partial charge in [-0.25, -0.2) is 0 Å². The number of ether oxygens (including phenoxy) is 1. The number of aromatic nitrogens is 1. The maximum Gasteiger partial charge on any atom is 0.188 e. The summed E-state index contributed by atoms with van der Waals surface area (Å²) in [6, 6.07) is 2.09. The molecule has 0 aliphatic heterocycles. The van der Waals surface area contributed by atoms with Gasteiger partial charge in [0, 0.05) is 29.0 Å². The summed E-state index contributed by atoms with van der Waals surface area (Å²) in [4.78, 5) is 6.54. The molecule has 6 heteroatoms. The zero-order valence-corrected chi connectivity index (χ0v) is 11.9. The Balaban J connectivity index is 1.85. The van der Waals surface area contributed by atoms with Crippen molar-refractivity contribution < 1.29 is 4.74 Å². The van der Waals surface area contributed by atoms with Crippen LogP contribution in [0, 0.1) is 0 Å². The van der Waals surface area contributed by atoms with Gasteiger partial charge in [0.1, 0.15) is 0 Å². The van der Waals surface area contributed by atoms with Crippen molar-refractivity contribution in [1.29, 1.82) is 0 Å². The first kappa shape index (κ1) is 12.0. The van der Waals surface area contributed by atoms with E-state index < -0.39 is 0 Å². The van der Waals surface area contributed by atoms with Gasteiger partial charge in [-0.15, -0.1) is 22.7 Å². The minimum Gasteiger partial charge on any atom is -0.486 e. The number of nitrogens with zero attached hydrogens (tertiary/aromatic N) is 1. The van der Waals surface area contributed by atoms with E-state index in [1.54, 1.807) is 29.8 Å². The topological polar surface area (TPSA) is 34.1 Å². The van der Waals surface area contributed by atoms with Gasteiger partial charge in [-0.1, -0.05) is 0 Å². The second kappa shape index (κ2) is 5.77. The number of hydrogen-bond donors (Lipinski definition) is 1. The minimum absolute atomic E-state index is 0.852. The Kier molecular flexibility index (Phi) is 4.34. The molecule has 2 rings (SSSR count). The van der Waals surface area contributed by atoms with E-state index in [0.717, 1.165) is 22.6 Å². The molecule has 3 nitrogen and oxygen atoms in total. The van der Waals surface area contributed by atoms with Crippen LogP contribution in [0.25, 0.3) is 0 Å². The lowest BCUT2D eigenvalue weighted by Gasteiger charge is -1.99. The average Bonchev–Trinajstić information content (AvgIpc) is 2.88. The average molecular weight is 319 g/mol. The molecule has 2 aromatic rings. The molecule has 0 bridgehead atoms. The molecule has 1 N–H and O–H groups in total. The molecule has 0 spiro atoms.